The summed E-state index contributed by atoms with van der Waals surface area (Å²) in [6, 6.07) is 3.95. The molecule has 0 unspecified atom stereocenters. The third kappa shape index (κ3) is 3.89. The lowest BCUT2D eigenvalue weighted by Crippen LogP contribution is -2.44. The Hall–Kier alpha value is -2.94. The number of H-pyrrole nitrogens is 1. The van der Waals surface area contributed by atoms with Gasteiger partial charge in [0.25, 0.3) is 11.8 Å². The normalized spacial score (nSPS) is 23.3. The van der Waals surface area contributed by atoms with E-state index in [2.05, 4.69) is 20.6 Å². The molecule has 1 saturated carbocycles. The highest BCUT2D eigenvalue weighted by molar-refractivity contribution is 6.34. The number of aromatic amines is 1. The summed E-state index contributed by atoms with van der Waals surface area (Å²) in [5.41, 5.74) is 0.209. The van der Waals surface area contributed by atoms with Crippen LogP contribution in [0.15, 0.2) is 24.5 Å². The molecule has 3 N–H and O–H groups in total. The number of hydrogen-bond donors (Lipinski definition) is 3. The molecule has 0 bridgehead atoms. The van der Waals surface area contributed by atoms with Crippen molar-refractivity contribution in [2.24, 2.45) is 5.41 Å². The van der Waals surface area contributed by atoms with Gasteiger partial charge in [0.2, 0.25) is 5.91 Å². The summed E-state index contributed by atoms with van der Waals surface area (Å²) in [6.45, 7) is 0.533. The number of aromatic nitrogens is 2. The molecule has 2 aliphatic rings. The van der Waals surface area contributed by atoms with Gasteiger partial charge in [-0.3, -0.25) is 14.4 Å². The molecule has 8 nitrogen and oxygen atoms in total. The number of benzene rings is 1. The van der Waals surface area contributed by atoms with Gasteiger partial charge in [-0.05, 0) is 50.3 Å². The Labute approximate surface area is 183 Å². The molecule has 1 aromatic heterocycles. The van der Waals surface area contributed by atoms with Crippen molar-refractivity contribution in [3.8, 4) is 0 Å². The highest BCUT2D eigenvalue weighted by atomic mass is 35.5. The highest BCUT2D eigenvalue weighted by Crippen LogP contribution is 2.47. The van der Waals surface area contributed by atoms with Gasteiger partial charge in [-0.1, -0.05) is 11.6 Å². The van der Waals surface area contributed by atoms with Gasteiger partial charge < -0.3 is 20.5 Å². The monoisotopic (exact) mass is 447 g/mol. The van der Waals surface area contributed by atoms with E-state index in [4.69, 9.17) is 11.6 Å². The van der Waals surface area contributed by atoms with Gasteiger partial charge in [-0.15, -0.1) is 0 Å². The van der Waals surface area contributed by atoms with Crippen molar-refractivity contribution in [3.05, 3.63) is 46.8 Å². The molecule has 1 aliphatic carbocycles. The maximum atomic E-state index is 13.4. The van der Waals surface area contributed by atoms with Crippen LogP contribution in [-0.2, 0) is 4.79 Å². The van der Waals surface area contributed by atoms with Crippen molar-refractivity contribution in [1.29, 1.82) is 0 Å². The number of nitrogens with one attached hydrogen (secondary N) is 3. The Morgan fingerprint density at radius 1 is 1.26 bits per heavy atom. The van der Waals surface area contributed by atoms with Crippen molar-refractivity contribution in [2.75, 3.05) is 18.5 Å². The first-order valence-corrected chi connectivity index (χ1v) is 10.6. The van der Waals surface area contributed by atoms with E-state index in [1.54, 1.807) is 4.90 Å². The number of carbonyl (C=O) groups is 3. The van der Waals surface area contributed by atoms with Gasteiger partial charge in [0.05, 0.1) is 22.5 Å². The number of anilines is 1. The molecule has 1 spiro atoms. The lowest BCUT2D eigenvalue weighted by atomic mass is 9.71. The van der Waals surface area contributed by atoms with Crippen molar-refractivity contribution in [1.82, 2.24) is 20.6 Å². The molecule has 1 aromatic carbocycles. The number of rotatable bonds is 4. The minimum absolute atomic E-state index is 0.00116. The van der Waals surface area contributed by atoms with Crippen LogP contribution in [-0.4, -0.2) is 47.3 Å². The van der Waals surface area contributed by atoms with E-state index in [9.17, 15) is 18.8 Å². The lowest BCUT2D eigenvalue weighted by Gasteiger charge is -2.36. The second-order valence-electron chi connectivity index (χ2n) is 8.04. The quantitative estimate of drug-likeness (QED) is 0.669. The van der Waals surface area contributed by atoms with Crippen LogP contribution in [0.5, 0.6) is 0 Å². The molecular weight excluding hydrogens is 425 g/mol. The zero-order valence-electron chi connectivity index (χ0n) is 17.0. The Balaban J connectivity index is 1.40. The standard InChI is InChI=1S/C21H23ClFN5O3/c1-24-18(29)16-17(26-11-25-16)19(30)27-13-4-6-21(7-5-13)8-9-28(20(21)31)15-3-2-12(23)10-14(15)22/h2-3,10-11,13H,4-9H2,1H3,(H,24,29)(H,25,26)(H,27,30)/t13-,21+. The van der Waals surface area contributed by atoms with Crippen LogP contribution in [0.2, 0.25) is 5.02 Å². The number of imidazole rings is 1. The Kier molecular flexibility index (Phi) is 5.70. The minimum Gasteiger partial charge on any atom is -0.354 e. The van der Waals surface area contributed by atoms with Crippen LogP contribution >= 0.6 is 11.6 Å². The summed E-state index contributed by atoms with van der Waals surface area (Å²) < 4.78 is 13.4. The fourth-order valence-electron chi connectivity index (χ4n) is 4.54. The van der Waals surface area contributed by atoms with Crippen LogP contribution < -0.4 is 15.5 Å². The average molecular weight is 448 g/mol. The number of carbonyl (C=O) groups excluding carboxylic acids is 3. The second kappa shape index (κ2) is 8.30. The summed E-state index contributed by atoms with van der Waals surface area (Å²) >= 11 is 6.16. The summed E-state index contributed by atoms with van der Waals surface area (Å²) in [5, 5.41) is 5.62. The van der Waals surface area contributed by atoms with E-state index in [0.717, 1.165) is 0 Å². The Morgan fingerprint density at radius 3 is 2.68 bits per heavy atom. The highest BCUT2D eigenvalue weighted by Gasteiger charge is 2.49. The summed E-state index contributed by atoms with van der Waals surface area (Å²) in [4.78, 5) is 45.9. The zero-order chi connectivity index (χ0) is 22.2. The molecule has 2 fully saturated rings. The first-order valence-electron chi connectivity index (χ1n) is 10.2. The fraction of sp³-hybridized carbons (Fsp3) is 0.429. The predicted molar refractivity (Wildman–Crippen MR) is 113 cm³/mol. The molecule has 3 amide bonds. The molecule has 2 heterocycles. The molecule has 31 heavy (non-hydrogen) atoms. The van der Waals surface area contributed by atoms with E-state index in [1.165, 1.54) is 31.6 Å². The summed E-state index contributed by atoms with van der Waals surface area (Å²) in [7, 11) is 1.47. The fourth-order valence-corrected chi connectivity index (χ4v) is 4.81. The first kappa shape index (κ1) is 21.3. The van der Waals surface area contributed by atoms with E-state index in [1.807, 2.05) is 0 Å². The van der Waals surface area contributed by atoms with E-state index < -0.39 is 23.0 Å². The van der Waals surface area contributed by atoms with Gasteiger partial charge in [0, 0.05) is 19.6 Å². The Bertz CT molecular complexity index is 1030. The van der Waals surface area contributed by atoms with Gasteiger partial charge >= 0.3 is 0 Å². The van der Waals surface area contributed by atoms with Crippen molar-refractivity contribution in [3.63, 3.8) is 0 Å². The first-order chi connectivity index (χ1) is 14.8. The van der Waals surface area contributed by atoms with Crippen molar-refractivity contribution in [2.45, 2.75) is 38.1 Å². The van der Waals surface area contributed by atoms with Gasteiger partial charge in [-0.2, -0.15) is 0 Å². The number of hydrogen-bond acceptors (Lipinski definition) is 4. The third-order valence-electron chi connectivity index (χ3n) is 6.30. The van der Waals surface area contributed by atoms with E-state index >= 15 is 0 Å². The molecule has 164 valence electrons. The van der Waals surface area contributed by atoms with Crippen LogP contribution in [0, 0.1) is 11.2 Å². The SMILES string of the molecule is CNC(=O)c1nc[nH]c1C(=O)N[C@H]1CC[C@]2(CCN(c3ccc(F)cc3Cl)C2=O)CC1. The topological polar surface area (TPSA) is 107 Å². The Morgan fingerprint density at radius 2 is 2.00 bits per heavy atom. The van der Waals surface area contributed by atoms with Crippen molar-refractivity contribution >= 4 is 35.0 Å². The summed E-state index contributed by atoms with van der Waals surface area (Å²) in [5.74, 6) is -1.27. The number of nitrogens with zero attached hydrogens (tertiary/aromatic N) is 2. The van der Waals surface area contributed by atoms with Crippen LogP contribution in [0.4, 0.5) is 10.1 Å². The van der Waals surface area contributed by atoms with Gasteiger partial charge in [0.1, 0.15) is 11.5 Å². The number of halogens is 2. The molecule has 1 saturated heterocycles. The smallest absolute Gasteiger partial charge is 0.272 e. The molecule has 10 heteroatoms. The molecular formula is C21H23ClFN5O3. The van der Waals surface area contributed by atoms with Crippen molar-refractivity contribution < 1.29 is 18.8 Å². The van der Waals surface area contributed by atoms with E-state index in [0.29, 0.717) is 44.3 Å². The van der Waals surface area contributed by atoms with Gasteiger partial charge in [-0.25, -0.2) is 9.37 Å². The molecule has 0 radical (unpaired) electrons. The predicted octanol–water partition coefficient (Wildman–Crippen LogP) is 2.66. The lowest BCUT2D eigenvalue weighted by molar-refractivity contribution is -0.127. The van der Waals surface area contributed by atoms with Crippen LogP contribution in [0.3, 0.4) is 0 Å². The van der Waals surface area contributed by atoms with Gasteiger partial charge in [0.15, 0.2) is 5.69 Å². The maximum absolute atomic E-state index is 13.4. The zero-order valence-corrected chi connectivity index (χ0v) is 17.8. The molecule has 0 atom stereocenters. The average Bonchev–Trinajstić information content (AvgIpc) is 3.36. The van der Waals surface area contributed by atoms with Crippen LogP contribution in [0.25, 0.3) is 0 Å². The van der Waals surface area contributed by atoms with E-state index in [-0.39, 0.29) is 28.4 Å². The second-order valence-corrected chi connectivity index (χ2v) is 8.44. The minimum atomic E-state index is -0.486. The largest absolute Gasteiger partial charge is 0.354 e. The number of amides is 3. The summed E-state index contributed by atoms with van der Waals surface area (Å²) in [6.07, 6.45) is 4.57. The molecule has 4 rings (SSSR count). The molecule has 2 aromatic rings. The maximum Gasteiger partial charge on any atom is 0.272 e. The third-order valence-corrected chi connectivity index (χ3v) is 6.60. The molecule has 1 aliphatic heterocycles. The van der Waals surface area contributed by atoms with Crippen LogP contribution in [0.1, 0.15) is 53.1 Å².